The van der Waals surface area contributed by atoms with Crippen LogP contribution in [0, 0.1) is 5.92 Å². The third kappa shape index (κ3) is 10.4. The van der Waals surface area contributed by atoms with Gasteiger partial charge in [0, 0.05) is 18.6 Å². The third-order valence-electron chi connectivity index (χ3n) is 5.54. The summed E-state index contributed by atoms with van der Waals surface area (Å²) in [7, 11) is 0. The zero-order valence-electron chi connectivity index (χ0n) is 19.9. The molecule has 35 heavy (non-hydrogen) atoms. The van der Waals surface area contributed by atoms with Crippen LogP contribution in [0.25, 0.3) is 0 Å². The molecule has 0 saturated carbocycles. The van der Waals surface area contributed by atoms with Crippen LogP contribution >= 0.6 is 12.6 Å². The molecule has 0 saturated heterocycles. The molecule has 194 valence electrons. The minimum absolute atomic E-state index is 0.0119. The molecule has 1 rings (SSSR count). The van der Waals surface area contributed by atoms with Gasteiger partial charge in [0.2, 0.25) is 23.6 Å². The number of nitrogens with two attached hydrogens (primary N) is 2. The highest BCUT2D eigenvalue weighted by atomic mass is 32.1. The molecular formula is C23H35N5O6S. The molecule has 5 unspecified atom stereocenters. The molecule has 0 aliphatic heterocycles. The fourth-order valence-corrected chi connectivity index (χ4v) is 3.43. The Morgan fingerprint density at radius 3 is 2.09 bits per heavy atom. The van der Waals surface area contributed by atoms with E-state index in [1.807, 2.05) is 6.92 Å². The highest BCUT2D eigenvalue weighted by molar-refractivity contribution is 7.80. The molecule has 11 nitrogen and oxygen atoms in total. The van der Waals surface area contributed by atoms with Gasteiger partial charge in [-0.3, -0.25) is 19.2 Å². The molecule has 1 aromatic carbocycles. The van der Waals surface area contributed by atoms with E-state index >= 15 is 0 Å². The van der Waals surface area contributed by atoms with Gasteiger partial charge in [0.1, 0.15) is 18.1 Å². The van der Waals surface area contributed by atoms with Gasteiger partial charge in [0.15, 0.2) is 0 Å². The summed E-state index contributed by atoms with van der Waals surface area (Å²) in [4.78, 5) is 60.8. The van der Waals surface area contributed by atoms with E-state index in [0.717, 1.165) is 5.56 Å². The van der Waals surface area contributed by atoms with E-state index in [-0.39, 0.29) is 30.9 Å². The number of carbonyl (C=O) groups excluding carboxylic acids is 4. The zero-order valence-corrected chi connectivity index (χ0v) is 20.8. The molecule has 0 aliphatic carbocycles. The van der Waals surface area contributed by atoms with Crippen molar-refractivity contribution in [3.8, 4) is 0 Å². The zero-order chi connectivity index (χ0) is 26.5. The maximum Gasteiger partial charge on any atom is 0.326 e. The van der Waals surface area contributed by atoms with Crippen LogP contribution < -0.4 is 27.4 Å². The normalized spacial score (nSPS) is 15.1. The molecule has 8 N–H and O–H groups in total. The summed E-state index contributed by atoms with van der Waals surface area (Å²) in [5.74, 6) is -4.23. The summed E-state index contributed by atoms with van der Waals surface area (Å²) in [6.45, 7) is 3.57. The fraction of sp³-hybridized carbons (Fsp3) is 0.522. The Balaban J connectivity index is 2.89. The molecule has 0 fully saturated rings. The van der Waals surface area contributed by atoms with Gasteiger partial charge in [-0.05, 0) is 17.9 Å². The van der Waals surface area contributed by atoms with Gasteiger partial charge in [0.25, 0.3) is 0 Å². The van der Waals surface area contributed by atoms with E-state index < -0.39 is 53.8 Å². The predicted octanol–water partition coefficient (Wildman–Crippen LogP) is -0.663. The van der Waals surface area contributed by atoms with Crippen molar-refractivity contribution < 1.29 is 29.1 Å². The Kier molecular flexibility index (Phi) is 12.8. The molecule has 1 aromatic rings. The number of amides is 4. The van der Waals surface area contributed by atoms with Gasteiger partial charge < -0.3 is 32.5 Å². The standard InChI is InChI=1S/C23H35N5O6S/c1-3-13(2)19(22(32)26-16(23(33)34)11-14-7-5-4-6-8-14)28-21(31)17(12-35)27-20(30)15(24)9-10-18(25)29/h4-8,13,15-17,19,35H,3,9-12,24H2,1-2H3,(H2,25,29)(H,26,32)(H,27,30)(H,28,31)(H,33,34). The predicted molar refractivity (Wildman–Crippen MR) is 133 cm³/mol. The van der Waals surface area contributed by atoms with Crippen molar-refractivity contribution in [2.24, 2.45) is 17.4 Å². The minimum Gasteiger partial charge on any atom is -0.480 e. The average molecular weight is 510 g/mol. The number of primary amides is 1. The molecule has 0 bridgehead atoms. The molecule has 12 heteroatoms. The van der Waals surface area contributed by atoms with Crippen LogP contribution in [0.5, 0.6) is 0 Å². The van der Waals surface area contributed by atoms with E-state index in [9.17, 15) is 29.1 Å². The van der Waals surface area contributed by atoms with Crippen LogP contribution in [0.15, 0.2) is 30.3 Å². The van der Waals surface area contributed by atoms with Crippen LogP contribution in [0.3, 0.4) is 0 Å². The number of carboxylic acids is 1. The Morgan fingerprint density at radius 1 is 0.971 bits per heavy atom. The summed E-state index contributed by atoms with van der Waals surface area (Å²) in [5, 5.41) is 17.2. The second kappa shape index (κ2) is 15.0. The van der Waals surface area contributed by atoms with Crippen LogP contribution in [0.1, 0.15) is 38.7 Å². The molecule has 0 radical (unpaired) electrons. The summed E-state index contributed by atoms with van der Waals surface area (Å²) in [5.41, 5.74) is 11.5. The lowest BCUT2D eigenvalue weighted by molar-refractivity contribution is -0.142. The van der Waals surface area contributed by atoms with E-state index in [1.165, 1.54) is 0 Å². The van der Waals surface area contributed by atoms with Crippen LogP contribution in [0.4, 0.5) is 0 Å². The Bertz CT molecular complexity index is 884. The molecular weight excluding hydrogens is 474 g/mol. The number of carbonyl (C=O) groups is 5. The van der Waals surface area contributed by atoms with Crippen molar-refractivity contribution >= 4 is 42.2 Å². The van der Waals surface area contributed by atoms with Gasteiger partial charge in [0.05, 0.1) is 6.04 Å². The van der Waals surface area contributed by atoms with Crippen molar-refractivity contribution in [2.45, 2.75) is 63.7 Å². The number of benzene rings is 1. The van der Waals surface area contributed by atoms with Crippen LogP contribution in [-0.2, 0) is 30.4 Å². The van der Waals surface area contributed by atoms with Gasteiger partial charge in [-0.25, -0.2) is 4.79 Å². The Labute approximate surface area is 210 Å². The first-order chi connectivity index (χ1) is 16.5. The smallest absolute Gasteiger partial charge is 0.326 e. The summed E-state index contributed by atoms with van der Waals surface area (Å²) in [6.07, 6.45) is 0.514. The molecule has 0 aliphatic rings. The highest BCUT2D eigenvalue weighted by Gasteiger charge is 2.32. The van der Waals surface area contributed by atoms with Crippen molar-refractivity contribution in [2.75, 3.05) is 5.75 Å². The molecule has 5 atom stereocenters. The summed E-state index contributed by atoms with van der Waals surface area (Å²) >= 11 is 4.10. The lowest BCUT2D eigenvalue weighted by atomic mass is 9.97. The number of aliphatic carboxylic acids is 1. The van der Waals surface area contributed by atoms with Gasteiger partial charge in [-0.1, -0.05) is 50.6 Å². The second-order valence-electron chi connectivity index (χ2n) is 8.32. The van der Waals surface area contributed by atoms with Crippen molar-refractivity contribution in [1.29, 1.82) is 0 Å². The monoisotopic (exact) mass is 509 g/mol. The van der Waals surface area contributed by atoms with E-state index in [2.05, 4.69) is 28.6 Å². The maximum atomic E-state index is 13.0. The lowest BCUT2D eigenvalue weighted by Crippen LogP contribution is -2.59. The summed E-state index contributed by atoms with van der Waals surface area (Å²) in [6, 6.07) is 4.44. The largest absolute Gasteiger partial charge is 0.480 e. The number of hydrogen-bond donors (Lipinski definition) is 7. The average Bonchev–Trinajstić information content (AvgIpc) is 2.83. The van der Waals surface area contributed by atoms with Crippen molar-refractivity contribution in [1.82, 2.24) is 16.0 Å². The Morgan fingerprint density at radius 2 is 1.57 bits per heavy atom. The van der Waals surface area contributed by atoms with E-state index in [1.54, 1.807) is 37.3 Å². The molecule has 0 heterocycles. The van der Waals surface area contributed by atoms with Gasteiger partial charge in [-0.15, -0.1) is 0 Å². The first-order valence-corrected chi connectivity index (χ1v) is 12.0. The number of hydrogen-bond acceptors (Lipinski definition) is 7. The molecule has 0 aromatic heterocycles. The number of thiol groups is 1. The lowest BCUT2D eigenvalue weighted by Gasteiger charge is -2.27. The quantitative estimate of drug-likeness (QED) is 0.152. The summed E-state index contributed by atoms with van der Waals surface area (Å²) < 4.78 is 0. The maximum absolute atomic E-state index is 13.0. The van der Waals surface area contributed by atoms with Gasteiger partial charge in [-0.2, -0.15) is 12.6 Å². The number of nitrogens with one attached hydrogen (secondary N) is 3. The van der Waals surface area contributed by atoms with Crippen molar-refractivity contribution in [3.05, 3.63) is 35.9 Å². The van der Waals surface area contributed by atoms with Crippen molar-refractivity contribution in [3.63, 3.8) is 0 Å². The highest BCUT2D eigenvalue weighted by Crippen LogP contribution is 2.11. The molecule has 0 spiro atoms. The minimum atomic E-state index is -1.21. The topological polar surface area (TPSA) is 194 Å². The van der Waals surface area contributed by atoms with Crippen LogP contribution in [0.2, 0.25) is 0 Å². The van der Waals surface area contributed by atoms with Crippen LogP contribution in [-0.4, -0.2) is 64.6 Å². The SMILES string of the molecule is CCC(C)C(NC(=O)C(CS)NC(=O)C(N)CCC(N)=O)C(=O)NC(Cc1ccccc1)C(=O)O. The third-order valence-corrected chi connectivity index (χ3v) is 5.91. The molecule has 4 amide bonds. The Hall–Kier alpha value is -3.12. The van der Waals surface area contributed by atoms with E-state index in [0.29, 0.717) is 6.42 Å². The first kappa shape index (κ1) is 29.9. The van der Waals surface area contributed by atoms with E-state index in [4.69, 9.17) is 11.5 Å². The number of rotatable bonds is 15. The first-order valence-electron chi connectivity index (χ1n) is 11.3. The fourth-order valence-electron chi connectivity index (χ4n) is 3.17. The van der Waals surface area contributed by atoms with Gasteiger partial charge >= 0.3 is 5.97 Å². The number of carboxylic acid groups (broad SMARTS) is 1. The second-order valence-corrected chi connectivity index (χ2v) is 8.68.